The molecule has 0 aliphatic heterocycles. The second kappa shape index (κ2) is 7.92. The first kappa shape index (κ1) is 16.5. The van der Waals surface area contributed by atoms with Gasteiger partial charge in [0, 0.05) is 17.6 Å². The maximum Gasteiger partial charge on any atom is 0.337 e. The second-order valence-corrected chi connectivity index (χ2v) is 6.42. The van der Waals surface area contributed by atoms with E-state index in [4.69, 9.17) is 4.74 Å². The van der Waals surface area contributed by atoms with Crippen LogP contribution in [-0.2, 0) is 11.3 Å². The van der Waals surface area contributed by atoms with E-state index in [1.165, 1.54) is 20.0 Å². The Balaban J connectivity index is 1.87. The summed E-state index contributed by atoms with van der Waals surface area (Å²) in [5, 5.41) is 12.8. The van der Waals surface area contributed by atoms with E-state index in [1.54, 1.807) is 12.1 Å². The molecule has 1 aromatic carbocycles. The van der Waals surface area contributed by atoms with Crippen LogP contribution in [0.1, 0.15) is 35.2 Å². The number of benzene rings is 1. The predicted octanol–water partition coefficient (Wildman–Crippen LogP) is 2.73. The standard InChI is InChI=1S/C16H22BrNO3/c1-21-16(20)11-5-6-13(15(17)7-11)9-18-8-12-3-2-4-14(12)10-19/h5-7,12,14,18-19H,2-4,8-10H2,1H3. The van der Waals surface area contributed by atoms with E-state index in [2.05, 4.69) is 21.2 Å². The number of hydrogen-bond acceptors (Lipinski definition) is 4. The molecule has 1 saturated carbocycles. The molecule has 4 nitrogen and oxygen atoms in total. The third-order valence-corrected chi connectivity index (χ3v) is 4.99. The van der Waals surface area contributed by atoms with Crippen LogP contribution in [0, 0.1) is 11.8 Å². The van der Waals surface area contributed by atoms with Crippen LogP contribution < -0.4 is 5.32 Å². The fourth-order valence-corrected chi connectivity index (χ4v) is 3.47. The van der Waals surface area contributed by atoms with Crippen LogP contribution in [0.5, 0.6) is 0 Å². The molecule has 2 rings (SSSR count). The van der Waals surface area contributed by atoms with Gasteiger partial charge in [-0.3, -0.25) is 0 Å². The summed E-state index contributed by atoms with van der Waals surface area (Å²) < 4.78 is 5.61. The lowest BCUT2D eigenvalue weighted by atomic mass is 9.97. The quantitative estimate of drug-likeness (QED) is 0.770. The zero-order chi connectivity index (χ0) is 15.2. The molecule has 0 aromatic heterocycles. The highest BCUT2D eigenvalue weighted by molar-refractivity contribution is 9.10. The molecule has 0 radical (unpaired) electrons. The Bertz CT molecular complexity index is 492. The number of nitrogens with one attached hydrogen (secondary N) is 1. The van der Waals surface area contributed by atoms with Crippen LogP contribution in [0.15, 0.2) is 22.7 Å². The summed E-state index contributed by atoms with van der Waals surface area (Å²) in [4.78, 5) is 11.5. The lowest BCUT2D eigenvalue weighted by Crippen LogP contribution is -2.26. The summed E-state index contributed by atoms with van der Waals surface area (Å²) in [6, 6.07) is 5.50. The van der Waals surface area contributed by atoms with E-state index in [0.29, 0.717) is 24.0 Å². The van der Waals surface area contributed by atoms with Gasteiger partial charge in [-0.05, 0) is 48.9 Å². The Labute approximate surface area is 134 Å². The molecule has 0 bridgehead atoms. The maximum absolute atomic E-state index is 11.5. The van der Waals surface area contributed by atoms with Gasteiger partial charge in [0.25, 0.3) is 0 Å². The smallest absolute Gasteiger partial charge is 0.337 e. The summed E-state index contributed by atoms with van der Waals surface area (Å²) >= 11 is 3.50. The molecular weight excluding hydrogens is 334 g/mol. The van der Waals surface area contributed by atoms with Crippen LogP contribution in [0.2, 0.25) is 0 Å². The molecule has 2 unspecified atom stereocenters. The highest BCUT2D eigenvalue weighted by Crippen LogP contribution is 2.30. The summed E-state index contributed by atoms with van der Waals surface area (Å²) in [7, 11) is 1.38. The molecule has 2 N–H and O–H groups in total. The highest BCUT2D eigenvalue weighted by Gasteiger charge is 2.25. The number of hydrogen-bond donors (Lipinski definition) is 2. The van der Waals surface area contributed by atoms with E-state index in [-0.39, 0.29) is 5.97 Å². The van der Waals surface area contributed by atoms with E-state index < -0.39 is 0 Å². The fourth-order valence-electron chi connectivity index (χ4n) is 2.95. The third kappa shape index (κ3) is 4.28. The monoisotopic (exact) mass is 355 g/mol. The maximum atomic E-state index is 11.5. The number of carbonyl (C=O) groups is 1. The Hall–Kier alpha value is -0.910. The Morgan fingerprint density at radius 1 is 1.43 bits per heavy atom. The summed E-state index contributed by atoms with van der Waals surface area (Å²) in [5.74, 6) is 0.692. The van der Waals surface area contributed by atoms with E-state index in [9.17, 15) is 9.90 Å². The van der Waals surface area contributed by atoms with Gasteiger partial charge >= 0.3 is 5.97 Å². The SMILES string of the molecule is COC(=O)c1ccc(CNCC2CCCC2CO)c(Br)c1. The van der Waals surface area contributed by atoms with Crippen molar-refractivity contribution in [3.8, 4) is 0 Å². The van der Waals surface area contributed by atoms with Gasteiger partial charge in [-0.15, -0.1) is 0 Å². The van der Waals surface area contributed by atoms with Gasteiger partial charge in [-0.1, -0.05) is 28.4 Å². The number of aliphatic hydroxyl groups is 1. The molecular formula is C16H22BrNO3. The van der Waals surface area contributed by atoms with Gasteiger partial charge in [-0.25, -0.2) is 4.79 Å². The molecule has 0 spiro atoms. The third-order valence-electron chi connectivity index (χ3n) is 4.25. The van der Waals surface area contributed by atoms with Crippen molar-refractivity contribution in [2.75, 3.05) is 20.3 Å². The molecule has 5 heteroatoms. The average molecular weight is 356 g/mol. The van der Waals surface area contributed by atoms with Gasteiger partial charge in [0.15, 0.2) is 0 Å². The van der Waals surface area contributed by atoms with Crippen molar-refractivity contribution in [1.29, 1.82) is 0 Å². The number of rotatable bonds is 6. The number of esters is 1. The minimum absolute atomic E-state index is 0.296. The van der Waals surface area contributed by atoms with Crippen LogP contribution in [0.25, 0.3) is 0 Å². The van der Waals surface area contributed by atoms with Gasteiger partial charge in [0.2, 0.25) is 0 Å². The van der Waals surface area contributed by atoms with Crippen molar-refractivity contribution in [1.82, 2.24) is 5.32 Å². The first-order valence-corrected chi connectivity index (χ1v) is 8.13. The molecule has 1 aliphatic rings. The minimum atomic E-state index is -0.327. The zero-order valence-electron chi connectivity index (χ0n) is 12.3. The van der Waals surface area contributed by atoms with Crippen LogP contribution in [0.4, 0.5) is 0 Å². The van der Waals surface area contributed by atoms with Crippen molar-refractivity contribution < 1.29 is 14.6 Å². The molecule has 1 aromatic rings. The van der Waals surface area contributed by atoms with E-state index >= 15 is 0 Å². The topological polar surface area (TPSA) is 58.6 Å². The lowest BCUT2D eigenvalue weighted by molar-refractivity contribution is 0.0600. The zero-order valence-corrected chi connectivity index (χ0v) is 13.9. The normalized spacial score (nSPS) is 21.5. The Kier molecular flexibility index (Phi) is 6.21. The molecule has 1 fully saturated rings. The van der Waals surface area contributed by atoms with Crippen molar-refractivity contribution in [2.24, 2.45) is 11.8 Å². The molecule has 0 amide bonds. The van der Waals surface area contributed by atoms with Gasteiger partial charge in [0.1, 0.15) is 0 Å². The molecule has 1 aliphatic carbocycles. The number of methoxy groups -OCH3 is 1. The number of carbonyl (C=O) groups excluding carboxylic acids is 1. The van der Waals surface area contributed by atoms with Gasteiger partial charge in [-0.2, -0.15) is 0 Å². The predicted molar refractivity (Wildman–Crippen MR) is 85.1 cm³/mol. The van der Waals surface area contributed by atoms with Crippen molar-refractivity contribution in [2.45, 2.75) is 25.8 Å². The molecule has 21 heavy (non-hydrogen) atoms. The Morgan fingerprint density at radius 3 is 2.86 bits per heavy atom. The summed E-state index contributed by atoms with van der Waals surface area (Å²) in [5.41, 5.74) is 1.66. The second-order valence-electron chi connectivity index (χ2n) is 5.56. The summed E-state index contributed by atoms with van der Waals surface area (Å²) in [6.45, 7) is 1.97. The minimum Gasteiger partial charge on any atom is -0.465 e. The summed E-state index contributed by atoms with van der Waals surface area (Å²) in [6.07, 6.45) is 3.55. The highest BCUT2D eigenvalue weighted by atomic mass is 79.9. The van der Waals surface area contributed by atoms with Crippen molar-refractivity contribution in [3.05, 3.63) is 33.8 Å². The molecule has 0 heterocycles. The van der Waals surface area contributed by atoms with Crippen LogP contribution in [0.3, 0.4) is 0 Å². The first-order chi connectivity index (χ1) is 10.2. The number of aliphatic hydroxyl groups excluding tert-OH is 1. The van der Waals surface area contributed by atoms with Crippen LogP contribution in [-0.4, -0.2) is 31.3 Å². The fraction of sp³-hybridized carbons (Fsp3) is 0.562. The largest absolute Gasteiger partial charge is 0.465 e. The number of ether oxygens (including phenoxy) is 1. The molecule has 2 atom stereocenters. The lowest BCUT2D eigenvalue weighted by Gasteiger charge is -2.18. The van der Waals surface area contributed by atoms with E-state index in [0.717, 1.165) is 29.5 Å². The van der Waals surface area contributed by atoms with E-state index in [1.807, 2.05) is 6.07 Å². The van der Waals surface area contributed by atoms with Crippen molar-refractivity contribution >= 4 is 21.9 Å². The van der Waals surface area contributed by atoms with Gasteiger partial charge in [0.05, 0.1) is 12.7 Å². The number of halogens is 1. The first-order valence-electron chi connectivity index (χ1n) is 7.34. The Morgan fingerprint density at radius 2 is 2.19 bits per heavy atom. The molecule has 0 saturated heterocycles. The molecule has 116 valence electrons. The van der Waals surface area contributed by atoms with Crippen molar-refractivity contribution in [3.63, 3.8) is 0 Å². The van der Waals surface area contributed by atoms with Gasteiger partial charge < -0.3 is 15.2 Å². The van der Waals surface area contributed by atoms with Crippen LogP contribution >= 0.6 is 15.9 Å². The average Bonchev–Trinajstić information content (AvgIpc) is 2.95.